The molecule has 3 heteroatoms. The summed E-state index contributed by atoms with van der Waals surface area (Å²) in [7, 11) is 1.92. The van der Waals surface area contributed by atoms with Crippen molar-refractivity contribution in [3.8, 4) is 0 Å². The minimum atomic E-state index is 0.0178. The first kappa shape index (κ1) is 9.68. The van der Waals surface area contributed by atoms with Crippen LogP contribution in [0.4, 0.5) is 4.39 Å². The summed E-state index contributed by atoms with van der Waals surface area (Å²) in [6.07, 6.45) is 2.53. The molecule has 2 nitrogen and oxygen atoms in total. The third-order valence-corrected chi connectivity index (χ3v) is 2.26. The maximum atomic E-state index is 12.8. The highest BCUT2D eigenvalue weighted by atomic mass is 19.1. The van der Waals surface area contributed by atoms with E-state index in [9.17, 15) is 4.39 Å². The van der Waals surface area contributed by atoms with Crippen LogP contribution in [0.2, 0.25) is 0 Å². The average molecular weight is 172 g/mol. The van der Waals surface area contributed by atoms with Gasteiger partial charge in [-0.2, -0.15) is 0 Å². The quantitative estimate of drug-likeness (QED) is 0.687. The summed E-state index contributed by atoms with van der Waals surface area (Å²) < 4.78 is 12.8. The maximum Gasteiger partial charge on any atom is 0.110 e. The molecule has 0 aliphatic carbocycles. The predicted molar refractivity (Wildman–Crippen MR) is 48.8 cm³/mol. The van der Waals surface area contributed by atoms with E-state index in [1.54, 1.807) is 6.08 Å². The Hall–Kier alpha value is -0.410. The molecule has 1 heterocycles. The summed E-state index contributed by atoms with van der Waals surface area (Å²) in [5.74, 6) is 0.0178. The van der Waals surface area contributed by atoms with E-state index in [0.29, 0.717) is 12.6 Å². The number of hydrogen-bond donors (Lipinski definition) is 1. The molecule has 0 aromatic rings. The summed E-state index contributed by atoms with van der Waals surface area (Å²) in [6, 6.07) is 0.425. The smallest absolute Gasteiger partial charge is 0.110 e. The number of likely N-dealkylation sites (N-methyl/N-ethyl adjacent to an activating group) is 1. The van der Waals surface area contributed by atoms with E-state index in [1.807, 2.05) is 7.05 Å². The van der Waals surface area contributed by atoms with E-state index in [1.165, 1.54) is 0 Å². The van der Waals surface area contributed by atoms with Gasteiger partial charge in [0, 0.05) is 19.1 Å². The Morgan fingerprint density at radius 3 is 3.08 bits per heavy atom. The molecular weight excluding hydrogens is 155 g/mol. The Labute approximate surface area is 73.4 Å². The van der Waals surface area contributed by atoms with Gasteiger partial charge in [-0.25, -0.2) is 4.39 Å². The molecule has 0 bridgehead atoms. The van der Waals surface area contributed by atoms with Gasteiger partial charge in [-0.1, -0.05) is 6.08 Å². The van der Waals surface area contributed by atoms with Crippen LogP contribution in [-0.2, 0) is 0 Å². The highest BCUT2D eigenvalue weighted by Gasteiger charge is 2.16. The molecule has 0 aromatic heterocycles. The van der Waals surface area contributed by atoms with E-state index in [0.717, 1.165) is 19.5 Å². The van der Waals surface area contributed by atoms with Gasteiger partial charge in [-0.15, -0.1) is 0 Å². The third kappa shape index (κ3) is 2.57. The van der Waals surface area contributed by atoms with Crippen molar-refractivity contribution in [1.82, 2.24) is 10.2 Å². The zero-order valence-corrected chi connectivity index (χ0v) is 7.81. The highest BCUT2D eigenvalue weighted by molar-refractivity contribution is 5.00. The Balaban J connectivity index is 2.37. The summed E-state index contributed by atoms with van der Waals surface area (Å²) in [4.78, 5) is 2.16. The van der Waals surface area contributed by atoms with Gasteiger partial charge in [0.15, 0.2) is 0 Å². The molecule has 0 aromatic carbocycles. The molecule has 1 rings (SSSR count). The number of rotatable bonds is 3. The van der Waals surface area contributed by atoms with Crippen molar-refractivity contribution in [3.63, 3.8) is 0 Å². The molecular formula is C9H17FN2. The van der Waals surface area contributed by atoms with Crippen molar-refractivity contribution >= 4 is 0 Å². The van der Waals surface area contributed by atoms with E-state index in [4.69, 9.17) is 0 Å². The van der Waals surface area contributed by atoms with Crippen LogP contribution in [0.25, 0.3) is 0 Å². The predicted octanol–water partition coefficient (Wildman–Crippen LogP) is 1.15. The second kappa shape index (κ2) is 4.58. The van der Waals surface area contributed by atoms with E-state index >= 15 is 0 Å². The van der Waals surface area contributed by atoms with Crippen molar-refractivity contribution in [2.24, 2.45) is 0 Å². The summed E-state index contributed by atoms with van der Waals surface area (Å²) in [5, 5.41) is 3.10. The fourth-order valence-electron chi connectivity index (χ4n) is 1.53. The SMILES string of the molecule is CNCC(C)N1CCC=C(F)C1. The van der Waals surface area contributed by atoms with Gasteiger partial charge >= 0.3 is 0 Å². The van der Waals surface area contributed by atoms with Crippen LogP contribution in [0, 0.1) is 0 Å². The normalized spacial score (nSPS) is 22.1. The van der Waals surface area contributed by atoms with Gasteiger partial charge in [0.1, 0.15) is 5.83 Å². The molecule has 0 radical (unpaired) electrons. The molecule has 70 valence electrons. The number of nitrogens with one attached hydrogen (secondary N) is 1. The average Bonchev–Trinajstić information content (AvgIpc) is 2.05. The molecule has 12 heavy (non-hydrogen) atoms. The van der Waals surface area contributed by atoms with Crippen molar-refractivity contribution in [2.75, 3.05) is 26.7 Å². The van der Waals surface area contributed by atoms with E-state index < -0.39 is 0 Å². The van der Waals surface area contributed by atoms with Crippen molar-refractivity contribution in [3.05, 3.63) is 11.9 Å². The van der Waals surface area contributed by atoms with Crippen LogP contribution in [0.3, 0.4) is 0 Å². The monoisotopic (exact) mass is 172 g/mol. The molecule has 1 atom stereocenters. The van der Waals surface area contributed by atoms with Gasteiger partial charge in [0.25, 0.3) is 0 Å². The minimum absolute atomic E-state index is 0.0178. The zero-order valence-electron chi connectivity index (χ0n) is 7.81. The Kier molecular flexibility index (Phi) is 3.69. The van der Waals surface area contributed by atoms with Gasteiger partial charge < -0.3 is 5.32 Å². The number of hydrogen-bond acceptors (Lipinski definition) is 2. The fraction of sp³-hybridized carbons (Fsp3) is 0.778. The molecule has 0 fully saturated rings. The van der Waals surface area contributed by atoms with Crippen LogP contribution < -0.4 is 5.32 Å². The van der Waals surface area contributed by atoms with Crippen molar-refractivity contribution in [2.45, 2.75) is 19.4 Å². The Bertz CT molecular complexity index is 168. The molecule has 0 spiro atoms. The molecule has 0 saturated carbocycles. The largest absolute Gasteiger partial charge is 0.318 e. The first-order valence-corrected chi connectivity index (χ1v) is 4.47. The number of halogens is 1. The third-order valence-electron chi connectivity index (χ3n) is 2.26. The molecule has 1 N–H and O–H groups in total. The lowest BCUT2D eigenvalue weighted by atomic mass is 10.2. The number of nitrogens with zero attached hydrogens (tertiary/aromatic N) is 1. The van der Waals surface area contributed by atoms with E-state index in [2.05, 4.69) is 17.1 Å². The van der Waals surface area contributed by atoms with Crippen LogP contribution in [-0.4, -0.2) is 37.6 Å². The van der Waals surface area contributed by atoms with Crippen LogP contribution in [0.5, 0.6) is 0 Å². The lowest BCUT2D eigenvalue weighted by molar-refractivity contribution is 0.204. The molecule has 1 unspecified atom stereocenters. The minimum Gasteiger partial charge on any atom is -0.318 e. The fourth-order valence-corrected chi connectivity index (χ4v) is 1.53. The van der Waals surface area contributed by atoms with Gasteiger partial charge in [-0.05, 0) is 20.4 Å². The first-order valence-electron chi connectivity index (χ1n) is 4.47. The summed E-state index contributed by atoms with van der Waals surface area (Å²) in [6.45, 7) is 4.52. The second-order valence-corrected chi connectivity index (χ2v) is 3.32. The van der Waals surface area contributed by atoms with Gasteiger partial charge in [0.05, 0.1) is 6.54 Å². The molecule has 1 aliphatic rings. The second-order valence-electron chi connectivity index (χ2n) is 3.32. The zero-order chi connectivity index (χ0) is 8.97. The highest BCUT2D eigenvalue weighted by Crippen LogP contribution is 2.12. The van der Waals surface area contributed by atoms with Crippen LogP contribution in [0.1, 0.15) is 13.3 Å². The lowest BCUT2D eigenvalue weighted by Crippen LogP contribution is -2.42. The van der Waals surface area contributed by atoms with Crippen LogP contribution >= 0.6 is 0 Å². The van der Waals surface area contributed by atoms with Crippen molar-refractivity contribution < 1.29 is 4.39 Å². The summed E-state index contributed by atoms with van der Waals surface area (Å²) >= 11 is 0. The van der Waals surface area contributed by atoms with Gasteiger partial charge in [-0.3, -0.25) is 4.90 Å². The standard InChI is InChI=1S/C9H17FN2/c1-8(6-11-2)12-5-3-4-9(10)7-12/h4,8,11H,3,5-7H2,1-2H3. The van der Waals surface area contributed by atoms with E-state index in [-0.39, 0.29) is 5.83 Å². The first-order chi connectivity index (χ1) is 5.74. The Morgan fingerprint density at radius 1 is 1.75 bits per heavy atom. The molecule has 1 aliphatic heterocycles. The van der Waals surface area contributed by atoms with Crippen LogP contribution in [0.15, 0.2) is 11.9 Å². The summed E-state index contributed by atoms with van der Waals surface area (Å²) in [5.41, 5.74) is 0. The molecule has 0 saturated heterocycles. The Morgan fingerprint density at radius 2 is 2.50 bits per heavy atom. The molecule has 0 amide bonds. The lowest BCUT2D eigenvalue weighted by Gasteiger charge is -2.30. The topological polar surface area (TPSA) is 15.3 Å². The van der Waals surface area contributed by atoms with Crippen molar-refractivity contribution in [1.29, 1.82) is 0 Å². The van der Waals surface area contributed by atoms with Gasteiger partial charge in [0.2, 0.25) is 0 Å². The maximum absolute atomic E-state index is 12.8.